The molecule has 2 aliphatic heterocycles. The minimum atomic E-state index is -0.374. The Kier molecular flexibility index (Phi) is 12.5. The first-order valence-corrected chi connectivity index (χ1v) is 32.0. The Morgan fingerprint density at radius 2 is 0.626 bits per heavy atom. The van der Waals surface area contributed by atoms with E-state index in [4.69, 9.17) is 19.9 Å². The van der Waals surface area contributed by atoms with E-state index in [1.54, 1.807) is 0 Å². The minimum Gasteiger partial charge on any atom is -0.309 e. The molecule has 91 heavy (non-hydrogen) atoms. The van der Waals surface area contributed by atoms with E-state index in [9.17, 15) is 0 Å². The fraction of sp³-hybridized carbons (Fsp3) is 0.176. The van der Waals surface area contributed by atoms with E-state index in [-0.39, 0.29) is 21.7 Å². The van der Waals surface area contributed by atoms with Crippen molar-refractivity contribution in [1.29, 1.82) is 0 Å². The summed E-state index contributed by atoms with van der Waals surface area (Å²) in [5.74, 6) is 0. The molecule has 0 spiro atoms. The third-order valence-electron chi connectivity index (χ3n) is 19.6. The zero-order valence-corrected chi connectivity index (χ0v) is 53.7. The summed E-state index contributed by atoms with van der Waals surface area (Å²) in [5.41, 5.74) is 24.7. The van der Waals surface area contributed by atoms with Gasteiger partial charge in [0, 0.05) is 85.4 Å². The molecule has 0 aliphatic carbocycles. The van der Waals surface area contributed by atoms with E-state index in [1.165, 1.54) is 60.4 Å². The van der Waals surface area contributed by atoms with Gasteiger partial charge >= 0.3 is 0 Å². The molecular weight excluding hydrogens is 1100 g/mol. The fourth-order valence-corrected chi connectivity index (χ4v) is 14.4. The van der Waals surface area contributed by atoms with E-state index in [0.717, 1.165) is 111 Å². The molecule has 9 aromatic carbocycles. The Balaban J connectivity index is 1.10. The number of pyridine rings is 4. The van der Waals surface area contributed by atoms with Crippen LogP contribution in [-0.2, 0) is 21.7 Å². The molecule has 6 nitrogen and oxygen atoms in total. The summed E-state index contributed by atoms with van der Waals surface area (Å²) in [7, 11) is 0. The SMILES string of the molecule is CC(C)(C)c1ccc2c(c1)c1cc(C(C)(C)C)ccc1n2-c1ccc2c3c4cc(ccc4c(-c4cc(-c5ccccn5)cc(-c5ccccn5)c4)c2c1)-n1c2ccc(C(C)(C)C)cc2c2cc(ccc21)C(C)(C)c1ccnc(c1)-c1cc(-c2ccccn2)cc-3c1. The van der Waals surface area contributed by atoms with Crippen molar-refractivity contribution in [3.63, 3.8) is 0 Å². The van der Waals surface area contributed by atoms with E-state index in [0.29, 0.717) is 0 Å². The molecule has 6 aromatic heterocycles. The van der Waals surface area contributed by atoms with Crippen LogP contribution in [0.1, 0.15) is 104 Å². The van der Waals surface area contributed by atoms with Crippen molar-refractivity contribution in [3.8, 4) is 78.7 Å². The van der Waals surface area contributed by atoms with Gasteiger partial charge in [0.1, 0.15) is 0 Å². The van der Waals surface area contributed by atoms with E-state index >= 15 is 0 Å². The molecule has 0 atom stereocenters. The molecule has 442 valence electrons. The lowest BCUT2D eigenvalue weighted by molar-refractivity contribution is 0.590. The van der Waals surface area contributed by atoms with Gasteiger partial charge in [-0.2, -0.15) is 0 Å². The minimum absolute atomic E-state index is 0.0447. The maximum absolute atomic E-state index is 5.24. The van der Waals surface area contributed by atoms with Gasteiger partial charge in [-0.25, -0.2) is 0 Å². The monoisotopic (exact) mass is 1180 g/mol. The molecule has 0 unspecified atom stereocenters. The van der Waals surface area contributed by atoms with Crippen LogP contribution in [0.5, 0.6) is 0 Å². The van der Waals surface area contributed by atoms with Crippen LogP contribution in [0.25, 0.3) is 144 Å². The lowest BCUT2D eigenvalue weighted by Crippen LogP contribution is -2.19. The quantitative estimate of drug-likeness (QED) is 0.161. The average Bonchev–Trinajstić information content (AvgIpc) is 1.72. The van der Waals surface area contributed by atoms with Gasteiger partial charge in [0.15, 0.2) is 0 Å². The number of hydrogen-bond acceptors (Lipinski definition) is 4. The molecule has 8 heterocycles. The summed E-state index contributed by atoms with van der Waals surface area (Å²) in [6.45, 7) is 25.5. The number of aromatic nitrogens is 6. The maximum Gasteiger partial charge on any atom is 0.0705 e. The Morgan fingerprint density at radius 1 is 0.275 bits per heavy atom. The van der Waals surface area contributed by atoms with Crippen molar-refractivity contribution in [2.24, 2.45) is 0 Å². The number of hydrogen-bond donors (Lipinski definition) is 0. The molecular formula is C85H72N6. The molecule has 0 radical (unpaired) electrons. The van der Waals surface area contributed by atoms with E-state index < -0.39 is 0 Å². The Bertz CT molecular complexity index is 5340. The zero-order chi connectivity index (χ0) is 62.5. The first kappa shape index (κ1) is 56.0. The molecule has 2 aliphatic rings. The van der Waals surface area contributed by atoms with Gasteiger partial charge in [-0.15, -0.1) is 0 Å². The van der Waals surface area contributed by atoms with Crippen molar-refractivity contribution in [3.05, 3.63) is 265 Å². The third-order valence-corrected chi connectivity index (χ3v) is 19.6. The predicted octanol–water partition coefficient (Wildman–Crippen LogP) is 22.3. The largest absolute Gasteiger partial charge is 0.309 e. The first-order chi connectivity index (χ1) is 43.7. The molecule has 0 saturated heterocycles. The second-order valence-electron chi connectivity index (χ2n) is 28.9. The Labute approximate surface area is 532 Å². The van der Waals surface area contributed by atoms with Gasteiger partial charge in [0.25, 0.3) is 0 Å². The highest BCUT2D eigenvalue weighted by atomic mass is 15.0. The van der Waals surface area contributed by atoms with Gasteiger partial charge in [-0.1, -0.05) is 131 Å². The summed E-state index contributed by atoms with van der Waals surface area (Å²) >= 11 is 0. The van der Waals surface area contributed by atoms with Crippen molar-refractivity contribution in [1.82, 2.24) is 29.1 Å². The molecule has 0 fully saturated rings. The van der Waals surface area contributed by atoms with Gasteiger partial charge in [-0.05, 0) is 246 Å². The zero-order valence-electron chi connectivity index (χ0n) is 53.7. The van der Waals surface area contributed by atoms with Crippen molar-refractivity contribution in [2.75, 3.05) is 0 Å². The molecule has 15 aromatic rings. The summed E-state index contributed by atoms with van der Waals surface area (Å²) < 4.78 is 5.02. The van der Waals surface area contributed by atoms with Crippen LogP contribution in [0, 0.1) is 0 Å². The summed E-state index contributed by atoms with van der Waals surface area (Å²) in [5, 5.41) is 9.43. The van der Waals surface area contributed by atoms with Crippen molar-refractivity contribution < 1.29 is 0 Å². The Hall–Kier alpha value is -10.3. The van der Waals surface area contributed by atoms with Crippen LogP contribution >= 0.6 is 0 Å². The van der Waals surface area contributed by atoms with Crippen LogP contribution in [0.2, 0.25) is 0 Å². The van der Waals surface area contributed by atoms with Crippen LogP contribution in [0.3, 0.4) is 0 Å². The lowest BCUT2D eigenvalue weighted by Gasteiger charge is -2.27. The van der Waals surface area contributed by atoms with Crippen LogP contribution in [0.4, 0.5) is 0 Å². The topological polar surface area (TPSA) is 61.4 Å². The highest BCUT2D eigenvalue weighted by molar-refractivity contribution is 6.23. The second-order valence-corrected chi connectivity index (χ2v) is 28.9. The van der Waals surface area contributed by atoms with Crippen LogP contribution in [-0.4, -0.2) is 29.1 Å². The highest BCUT2D eigenvalue weighted by Gasteiger charge is 2.29. The number of rotatable bonds is 5. The van der Waals surface area contributed by atoms with E-state index in [2.05, 4.69) is 279 Å². The van der Waals surface area contributed by atoms with Gasteiger partial charge < -0.3 is 9.13 Å². The molecule has 0 saturated carbocycles. The maximum atomic E-state index is 5.24. The number of benzene rings is 9. The summed E-state index contributed by atoms with van der Waals surface area (Å²) in [6.07, 6.45) is 7.67. The average molecular weight is 1180 g/mol. The van der Waals surface area contributed by atoms with Crippen molar-refractivity contribution >= 4 is 65.2 Å². The molecule has 6 heteroatoms. The fourth-order valence-electron chi connectivity index (χ4n) is 14.4. The number of nitrogens with zero attached hydrogens (tertiary/aromatic N) is 6. The molecule has 17 rings (SSSR count). The summed E-state index contributed by atoms with van der Waals surface area (Å²) in [6, 6.07) is 80.1. The first-order valence-electron chi connectivity index (χ1n) is 32.0. The normalized spacial score (nSPS) is 13.3. The summed E-state index contributed by atoms with van der Waals surface area (Å²) in [4.78, 5) is 20.3. The second kappa shape index (κ2) is 20.4. The van der Waals surface area contributed by atoms with Crippen LogP contribution in [0.15, 0.2) is 237 Å². The molecule has 10 bridgehead atoms. The van der Waals surface area contributed by atoms with Crippen molar-refractivity contribution in [2.45, 2.75) is 97.8 Å². The smallest absolute Gasteiger partial charge is 0.0705 e. The third kappa shape index (κ3) is 9.28. The van der Waals surface area contributed by atoms with Gasteiger partial charge in [0.05, 0.1) is 44.8 Å². The molecule has 0 amide bonds. The lowest BCUT2D eigenvalue weighted by atomic mass is 9.77. The van der Waals surface area contributed by atoms with E-state index in [1.807, 2.05) is 43.0 Å². The highest BCUT2D eigenvalue weighted by Crippen LogP contribution is 2.50. The van der Waals surface area contributed by atoms with Gasteiger partial charge in [0.2, 0.25) is 0 Å². The predicted molar refractivity (Wildman–Crippen MR) is 382 cm³/mol. The molecule has 0 N–H and O–H groups in total. The van der Waals surface area contributed by atoms with Gasteiger partial charge in [-0.3, -0.25) is 19.9 Å². The number of fused-ring (bicyclic) bond motifs is 6. The van der Waals surface area contributed by atoms with Crippen LogP contribution < -0.4 is 0 Å². The standard InChI is InChI=1S/C85H72N6/c1-82(2,3)57-21-29-76-66(44-57)67-45-58(83(4,5)6)22-30-77(67)90(76)62-25-28-65-70(49-62)80(55-40-51(72-18-12-15-34-86-72)38-52(41-55)73-19-13-16-35-87-73)64-27-26-63-50-71(64)81(65)56-42-53(74-20-14-17-36-88-74)39-54(43-56)75-48-61(33-37-89-75)85(10,11)60-24-32-79-69(47-60)68-46-59(84(7,8)9)23-31-78(68)91(63)79/h12-50H,1-11H3. The Morgan fingerprint density at radius 3 is 1.01 bits per heavy atom.